The molecule has 2 N–H and O–H groups in total. The number of nitrogens with zero attached hydrogens (tertiary/aromatic N) is 1. The average molecular weight is 571 g/mol. The van der Waals surface area contributed by atoms with Gasteiger partial charge in [0, 0.05) is 6.42 Å². The number of alkyl carbamates (subject to hydrolysis) is 1. The smallest absolute Gasteiger partial charge is 0.408 e. The second-order valence-corrected chi connectivity index (χ2v) is 12.5. The van der Waals surface area contributed by atoms with E-state index in [1.54, 1.807) is 26.8 Å². The van der Waals surface area contributed by atoms with Crippen LogP contribution in [-0.4, -0.2) is 54.6 Å². The molecule has 1 saturated heterocycles. The number of carboxylic acids is 1. The van der Waals surface area contributed by atoms with E-state index in [-0.39, 0.29) is 24.4 Å². The molecule has 212 valence electrons. The molecule has 9 nitrogen and oxygen atoms in total. The summed E-state index contributed by atoms with van der Waals surface area (Å²) in [6.07, 6.45) is -1.04. The molecule has 0 radical (unpaired) electrons. The van der Waals surface area contributed by atoms with Crippen LogP contribution in [0.2, 0.25) is 0 Å². The van der Waals surface area contributed by atoms with Gasteiger partial charge < -0.3 is 19.9 Å². The molecule has 0 aliphatic carbocycles. The maximum atomic E-state index is 13.6. The lowest BCUT2D eigenvalue weighted by Crippen LogP contribution is -2.64. The third-order valence-corrected chi connectivity index (χ3v) is 8.04. The predicted molar refractivity (Wildman–Crippen MR) is 145 cm³/mol. The maximum Gasteiger partial charge on any atom is 0.408 e. The summed E-state index contributed by atoms with van der Waals surface area (Å²) in [6.45, 7) is 4.99. The molecule has 1 aliphatic heterocycles. The Balaban J connectivity index is 1.52. The van der Waals surface area contributed by atoms with Crippen molar-refractivity contribution in [1.82, 2.24) is 9.62 Å². The van der Waals surface area contributed by atoms with E-state index in [4.69, 9.17) is 9.47 Å². The molecular weight excluding hydrogens is 539 g/mol. The molecule has 1 fully saturated rings. The molecular formula is C29H31FN2O7S. The van der Waals surface area contributed by atoms with Crippen molar-refractivity contribution in [3.8, 4) is 5.75 Å². The van der Waals surface area contributed by atoms with Crippen molar-refractivity contribution in [2.24, 2.45) is 0 Å². The van der Waals surface area contributed by atoms with Crippen LogP contribution in [0.3, 0.4) is 0 Å². The van der Waals surface area contributed by atoms with Crippen LogP contribution in [0, 0.1) is 5.82 Å². The predicted octanol–water partition coefficient (Wildman–Crippen LogP) is 4.32. The van der Waals surface area contributed by atoms with Crippen LogP contribution in [0.4, 0.5) is 9.18 Å². The van der Waals surface area contributed by atoms with E-state index in [1.165, 1.54) is 46.8 Å². The Morgan fingerprint density at radius 3 is 2.27 bits per heavy atom. The third kappa shape index (κ3) is 6.78. The number of aliphatic carboxylic acids is 1. The van der Waals surface area contributed by atoms with Gasteiger partial charge in [0.05, 0.1) is 18.0 Å². The van der Waals surface area contributed by atoms with E-state index >= 15 is 0 Å². The number of nitrogens with one attached hydrogen (secondary N) is 1. The number of rotatable bonds is 9. The van der Waals surface area contributed by atoms with Crippen LogP contribution in [-0.2, 0) is 31.6 Å². The lowest BCUT2D eigenvalue weighted by atomic mass is 9.87. The zero-order chi connectivity index (χ0) is 29.1. The second kappa shape index (κ2) is 11.3. The van der Waals surface area contributed by atoms with Gasteiger partial charge in [0.1, 0.15) is 23.2 Å². The molecule has 1 atom stereocenters. The number of amides is 1. The molecule has 1 aliphatic rings. The summed E-state index contributed by atoms with van der Waals surface area (Å²) in [7, 11) is -3.97. The number of halogens is 1. The summed E-state index contributed by atoms with van der Waals surface area (Å²) in [6, 6.07) is 19.3. The van der Waals surface area contributed by atoms with Crippen molar-refractivity contribution in [1.29, 1.82) is 0 Å². The lowest BCUT2D eigenvalue weighted by Gasteiger charge is -2.48. The molecule has 0 saturated carbocycles. The molecule has 40 heavy (non-hydrogen) atoms. The van der Waals surface area contributed by atoms with Crippen molar-refractivity contribution in [3.05, 3.63) is 95.8 Å². The molecule has 0 spiro atoms. The topological polar surface area (TPSA) is 122 Å². The Kier molecular flexibility index (Phi) is 8.18. The summed E-state index contributed by atoms with van der Waals surface area (Å²) < 4.78 is 53.2. The Labute approximate surface area is 232 Å². The number of carboxylic acid groups (broad SMARTS) is 1. The first-order valence-corrected chi connectivity index (χ1v) is 14.0. The highest BCUT2D eigenvalue weighted by Gasteiger charge is 2.52. The largest absolute Gasteiger partial charge is 0.480 e. The SMILES string of the molecule is CC(C)(C)OC(=O)NC(Cc1cccc(S(=O)(=O)N2CC(Oc3ccc(F)cc3)(c3ccccc3)C2)c1)C(=O)O. The number of carbonyl (C=O) groups excluding carboxylic acids is 1. The quantitative estimate of drug-likeness (QED) is 0.393. The first kappa shape index (κ1) is 29.0. The highest BCUT2D eigenvalue weighted by Crippen LogP contribution is 2.40. The highest BCUT2D eigenvalue weighted by molar-refractivity contribution is 7.89. The second-order valence-electron chi connectivity index (χ2n) is 10.6. The fourth-order valence-corrected chi connectivity index (χ4v) is 5.94. The Morgan fingerprint density at radius 1 is 1.02 bits per heavy atom. The zero-order valence-corrected chi connectivity index (χ0v) is 23.2. The summed E-state index contributed by atoms with van der Waals surface area (Å²) in [5, 5.41) is 11.9. The number of carbonyl (C=O) groups is 2. The number of hydrogen-bond acceptors (Lipinski definition) is 6. The average Bonchev–Trinajstić information content (AvgIpc) is 2.86. The number of sulfonamides is 1. The van der Waals surface area contributed by atoms with Gasteiger partial charge in [-0.15, -0.1) is 0 Å². The molecule has 0 bridgehead atoms. The molecule has 4 rings (SSSR count). The lowest BCUT2D eigenvalue weighted by molar-refractivity contribution is -0.139. The minimum atomic E-state index is -3.97. The van der Waals surface area contributed by atoms with E-state index in [0.717, 1.165) is 5.56 Å². The monoisotopic (exact) mass is 570 g/mol. The van der Waals surface area contributed by atoms with Crippen molar-refractivity contribution in [2.75, 3.05) is 13.1 Å². The van der Waals surface area contributed by atoms with Gasteiger partial charge in [-0.3, -0.25) is 0 Å². The Hall–Kier alpha value is -3.96. The molecule has 0 aromatic heterocycles. The number of hydrogen-bond donors (Lipinski definition) is 2. The van der Waals surface area contributed by atoms with Gasteiger partial charge in [0.2, 0.25) is 10.0 Å². The Morgan fingerprint density at radius 2 is 1.68 bits per heavy atom. The first-order chi connectivity index (χ1) is 18.8. The van der Waals surface area contributed by atoms with E-state index in [0.29, 0.717) is 11.3 Å². The van der Waals surface area contributed by atoms with Crippen molar-refractivity contribution in [2.45, 2.75) is 49.3 Å². The summed E-state index contributed by atoms with van der Waals surface area (Å²) in [4.78, 5) is 23.9. The van der Waals surface area contributed by atoms with Gasteiger partial charge in [-0.25, -0.2) is 22.4 Å². The van der Waals surface area contributed by atoms with Crippen molar-refractivity contribution < 1.29 is 37.0 Å². The fraction of sp³-hybridized carbons (Fsp3) is 0.310. The normalized spacial score (nSPS) is 15.9. The molecule has 1 heterocycles. The zero-order valence-electron chi connectivity index (χ0n) is 22.3. The summed E-state index contributed by atoms with van der Waals surface area (Å²) in [5.41, 5.74) is -0.609. The van der Waals surface area contributed by atoms with E-state index < -0.39 is 45.1 Å². The van der Waals surface area contributed by atoms with E-state index in [1.807, 2.05) is 30.3 Å². The third-order valence-electron chi connectivity index (χ3n) is 6.26. The van der Waals surface area contributed by atoms with Gasteiger partial charge >= 0.3 is 12.1 Å². The van der Waals surface area contributed by atoms with Crippen molar-refractivity contribution in [3.63, 3.8) is 0 Å². The van der Waals surface area contributed by atoms with Crippen LogP contribution >= 0.6 is 0 Å². The standard InChI is InChI=1S/C29H31FN2O7S/c1-28(2,3)39-27(35)31-25(26(33)34)17-20-8-7-11-24(16-20)40(36,37)32-18-29(19-32,21-9-5-4-6-10-21)38-23-14-12-22(30)13-15-23/h4-16,25H,17-19H2,1-3H3,(H,31,35)(H,33,34). The van der Waals surface area contributed by atoms with Crippen LogP contribution in [0.1, 0.15) is 31.9 Å². The molecule has 1 amide bonds. The minimum Gasteiger partial charge on any atom is -0.480 e. The van der Waals surface area contributed by atoms with Crippen LogP contribution in [0.25, 0.3) is 0 Å². The molecule has 11 heteroatoms. The Bertz CT molecular complexity index is 1470. The highest BCUT2D eigenvalue weighted by atomic mass is 32.2. The molecule has 3 aromatic rings. The first-order valence-electron chi connectivity index (χ1n) is 12.6. The van der Waals surface area contributed by atoms with Crippen LogP contribution in [0.15, 0.2) is 83.8 Å². The van der Waals surface area contributed by atoms with E-state index in [9.17, 15) is 27.5 Å². The molecule has 1 unspecified atom stereocenters. The van der Waals surface area contributed by atoms with Gasteiger partial charge in [0.25, 0.3) is 0 Å². The van der Waals surface area contributed by atoms with Gasteiger partial charge in [-0.05, 0) is 68.3 Å². The number of benzene rings is 3. The summed E-state index contributed by atoms with van der Waals surface area (Å²) >= 11 is 0. The minimum absolute atomic E-state index is 0.0128. The number of ether oxygens (including phenoxy) is 2. The van der Waals surface area contributed by atoms with Crippen molar-refractivity contribution >= 4 is 22.1 Å². The summed E-state index contributed by atoms with van der Waals surface area (Å²) in [5.74, 6) is -1.29. The van der Waals surface area contributed by atoms with Crippen LogP contribution in [0.5, 0.6) is 5.75 Å². The van der Waals surface area contributed by atoms with Gasteiger partial charge in [0.15, 0.2) is 5.60 Å². The van der Waals surface area contributed by atoms with Gasteiger partial charge in [-0.2, -0.15) is 4.31 Å². The fourth-order valence-electron chi connectivity index (χ4n) is 4.34. The molecule has 3 aromatic carbocycles. The van der Waals surface area contributed by atoms with E-state index in [2.05, 4.69) is 5.32 Å². The van der Waals surface area contributed by atoms with Crippen LogP contribution < -0.4 is 10.1 Å². The maximum absolute atomic E-state index is 13.6. The van der Waals surface area contributed by atoms with Gasteiger partial charge in [-0.1, -0.05) is 42.5 Å².